The first kappa shape index (κ1) is 20.7. The van der Waals surface area contributed by atoms with E-state index in [0.29, 0.717) is 11.9 Å². The number of sulfone groups is 1. The summed E-state index contributed by atoms with van der Waals surface area (Å²) in [6, 6.07) is 3.22. The van der Waals surface area contributed by atoms with Crippen LogP contribution in [0.5, 0.6) is 0 Å². The van der Waals surface area contributed by atoms with Crippen molar-refractivity contribution in [3.63, 3.8) is 0 Å². The molecule has 0 aliphatic carbocycles. The Labute approximate surface area is 158 Å². The van der Waals surface area contributed by atoms with Gasteiger partial charge in [-0.05, 0) is 30.2 Å². The Kier molecular flexibility index (Phi) is 8.25. The maximum Gasteiger partial charge on any atom is 0.191 e. The smallest absolute Gasteiger partial charge is 0.191 e. The monoisotopic (exact) mass is 473 g/mol. The van der Waals surface area contributed by atoms with Crippen molar-refractivity contribution in [3.8, 4) is 0 Å². The molecule has 1 aromatic heterocycles. The fourth-order valence-electron chi connectivity index (χ4n) is 2.52. The van der Waals surface area contributed by atoms with Crippen molar-refractivity contribution in [2.24, 2.45) is 16.6 Å². The van der Waals surface area contributed by atoms with Gasteiger partial charge in [0.1, 0.15) is 4.21 Å². The van der Waals surface area contributed by atoms with Crippen molar-refractivity contribution >= 4 is 51.1 Å². The second kappa shape index (κ2) is 9.19. The minimum atomic E-state index is -3.45. The molecule has 23 heavy (non-hydrogen) atoms. The number of likely N-dealkylation sites (tertiary alicyclic amines) is 1. The molecule has 2 rings (SSSR count). The molecule has 0 radical (unpaired) electrons. The summed E-state index contributed by atoms with van der Waals surface area (Å²) in [5, 5.41) is 11.6. The molecular weight excluding hydrogens is 449 g/mol. The minimum Gasteiger partial charge on any atom is -0.390 e. The second-order valence-electron chi connectivity index (χ2n) is 5.76. The number of rotatable bonds is 5. The first-order chi connectivity index (χ1) is 10.4. The van der Waals surface area contributed by atoms with Crippen molar-refractivity contribution in [2.75, 3.05) is 25.4 Å². The molecule has 0 spiro atoms. The molecule has 3 N–H and O–H groups in total. The van der Waals surface area contributed by atoms with Crippen molar-refractivity contribution < 1.29 is 13.5 Å². The third-order valence-corrected chi connectivity index (χ3v) is 6.94. The van der Waals surface area contributed by atoms with Gasteiger partial charge in [-0.15, -0.1) is 35.3 Å². The van der Waals surface area contributed by atoms with E-state index >= 15 is 0 Å². The molecule has 0 aromatic carbocycles. The number of nitrogens with two attached hydrogens (primary N) is 1. The Morgan fingerprint density at radius 2 is 2.35 bits per heavy atom. The summed E-state index contributed by atoms with van der Waals surface area (Å²) in [5.74, 6) is 0.631. The van der Waals surface area contributed by atoms with Crippen molar-refractivity contribution in [1.29, 1.82) is 0 Å². The van der Waals surface area contributed by atoms with E-state index in [1.807, 2.05) is 4.90 Å². The SMILES string of the molecule is CC1CCCN(C(N)=NCC(O)CS(=O)(=O)c2cccs2)C1.I. The summed E-state index contributed by atoms with van der Waals surface area (Å²) in [4.78, 5) is 6.15. The van der Waals surface area contributed by atoms with Gasteiger partial charge in [0.25, 0.3) is 0 Å². The summed E-state index contributed by atoms with van der Waals surface area (Å²) in [6.45, 7) is 3.89. The number of aliphatic imine (C=N–C) groups is 1. The highest BCUT2D eigenvalue weighted by molar-refractivity contribution is 14.0. The second-order valence-corrected chi connectivity index (χ2v) is 8.97. The van der Waals surface area contributed by atoms with Crippen LogP contribution in [0.2, 0.25) is 0 Å². The minimum absolute atomic E-state index is 0. The number of nitrogens with zero attached hydrogens (tertiary/aromatic N) is 2. The summed E-state index contributed by atoms with van der Waals surface area (Å²) < 4.78 is 24.4. The topological polar surface area (TPSA) is 96.0 Å². The van der Waals surface area contributed by atoms with Gasteiger partial charge in [-0.2, -0.15) is 0 Å². The molecular formula is C14H24IN3O3S2. The van der Waals surface area contributed by atoms with Crippen molar-refractivity contribution in [3.05, 3.63) is 17.5 Å². The predicted molar refractivity (Wildman–Crippen MR) is 104 cm³/mol. The Morgan fingerprint density at radius 3 is 2.96 bits per heavy atom. The Bertz CT molecular complexity index is 605. The summed E-state index contributed by atoms with van der Waals surface area (Å²) in [7, 11) is -3.45. The number of halogens is 1. The summed E-state index contributed by atoms with van der Waals surface area (Å²) in [5.41, 5.74) is 5.93. The normalized spacial score (nSPS) is 20.9. The lowest BCUT2D eigenvalue weighted by molar-refractivity contribution is 0.204. The third kappa shape index (κ3) is 6.20. The molecule has 0 amide bonds. The molecule has 6 nitrogen and oxygen atoms in total. The Balaban J connectivity index is 0.00000264. The molecule has 1 saturated heterocycles. The first-order valence-corrected chi connectivity index (χ1v) is 9.91. The van der Waals surface area contributed by atoms with Crippen LogP contribution in [-0.2, 0) is 9.84 Å². The van der Waals surface area contributed by atoms with E-state index in [4.69, 9.17) is 5.73 Å². The van der Waals surface area contributed by atoms with Gasteiger partial charge in [0.2, 0.25) is 0 Å². The average molecular weight is 473 g/mol. The van der Waals surface area contributed by atoms with E-state index in [0.717, 1.165) is 30.8 Å². The van der Waals surface area contributed by atoms with E-state index in [1.165, 1.54) is 6.42 Å². The van der Waals surface area contributed by atoms with Crippen LogP contribution >= 0.6 is 35.3 Å². The maximum absolute atomic E-state index is 12.1. The molecule has 0 bridgehead atoms. The standard InChI is InChI=1S/C14H23N3O3S2.HI/c1-11-4-2-6-17(9-11)14(15)16-8-12(18)10-22(19,20)13-5-3-7-21-13;/h3,5,7,11-12,18H,2,4,6,8-10H2,1H3,(H2,15,16);1H. The molecule has 2 unspecified atom stereocenters. The van der Waals surface area contributed by atoms with E-state index in [2.05, 4.69) is 11.9 Å². The van der Waals surface area contributed by atoms with Gasteiger partial charge in [-0.1, -0.05) is 13.0 Å². The molecule has 2 heterocycles. The fourth-order valence-corrected chi connectivity index (χ4v) is 4.99. The van der Waals surface area contributed by atoms with Crippen LogP contribution in [0, 0.1) is 5.92 Å². The lowest BCUT2D eigenvalue weighted by Gasteiger charge is -2.31. The van der Waals surface area contributed by atoms with Gasteiger partial charge in [-0.25, -0.2) is 8.42 Å². The van der Waals surface area contributed by atoms with Gasteiger partial charge in [0.15, 0.2) is 15.8 Å². The van der Waals surface area contributed by atoms with Crippen LogP contribution in [0.3, 0.4) is 0 Å². The van der Waals surface area contributed by atoms with Crippen molar-refractivity contribution in [1.82, 2.24) is 4.90 Å². The molecule has 1 aromatic rings. The zero-order valence-electron chi connectivity index (χ0n) is 13.1. The molecule has 132 valence electrons. The fraction of sp³-hybridized carbons (Fsp3) is 0.643. The van der Waals surface area contributed by atoms with E-state index in [9.17, 15) is 13.5 Å². The number of thiophene rings is 1. The zero-order chi connectivity index (χ0) is 16.2. The number of piperidine rings is 1. The van der Waals surface area contributed by atoms with Gasteiger partial charge >= 0.3 is 0 Å². The van der Waals surface area contributed by atoms with Gasteiger partial charge in [0.05, 0.1) is 18.4 Å². The zero-order valence-corrected chi connectivity index (χ0v) is 17.1. The van der Waals surface area contributed by atoms with Gasteiger partial charge < -0.3 is 15.7 Å². The van der Waals surface area contributed by atoms with Crippen LogP contribution in [0.25, 0.3) is 0 Å². The summed E-state index contributed by atoms with van der Waals surface area (Å²) >= 11 is 1.15. The predicted octanol–water partition coefficient (Wildman–Crippen LogP) is 1.55. The molecule has 2 atom stereocenters. The molecule has 1 aliphatic heterocycles. The van der Waals surface area contributed by atoms with Gasteiger partial charge in [-0.3, -0.25) is 4.99 Å². The third-order valence-electron chi connectivity index (χ3n) is 3.66. The molecule has 1 fully saturated rings. The largest absolute Gasteiger partial charge is 0.390 e. The van der Waals surface area contributed by atoms with E-state index in [-0.39, 0.29) is 40.5 Å². The number of aliphatic hydroxyl groups excluding tert-OH is 1. The lowest BCUT2D eigenvalue weighted by atomic mass is 10.0. The number of hydrogen-bond donors (Lipinski definition) is 2. The summed E-state index contributed by atoms with van der Waals surface area (Å²) in [6.07, 6.45) is 1.21. The first-order valence-electron chi connectivity index (χ1n) is 7.37. The highest BCUT2D eigenvalue weighted by Crippen LogP contribution is 2.18. The molecule has 1 aliphatic rings. The number of aliphatic hydroxyl groups is 1. The number of guanidine groups is 1. The van der Waals surface area contributed by atoms with Gasteiger partial charge in [0, 0.05) is 13.1 Å². The molecule has 0 saturated carbocycles. The van der Waals surface area contributed by atoms with Crippen LogP contribution in [0.15, 0.2) is 26.7 Å². The number of hydrogen-bond acceptors (Lipinski definition) is 5. The van der Waals surface area contributed by atoms with Crippen LogP contribution in [-0.4, -0.2) is 55.9 Å². The quantitative estimate of drug-likeness (QED) is 0.385. The van der Waals surface area contributed by atoms with Crippen molar-refractivity contribution in [2.45, 2.75) is 30.1 Å². The maximum atomic E-state index is 12.1. The van der Waals surface area contributed by atoms with E-state index < -0.39 is 15.9 Å². The Morgan fingerprint density at radius 1 is 1.61 bits per heavy atom. The molecule has 9 heteroatoms. The highest BCUT2D eigenvalue weighted by atomic mass is 127. The average Bonchev–Trinajstić information content (AvgIpc) is 2.99. The van der Waals surface area contributed by atoms with Crippen LogP contribution in [0.1, 0.15) is 19.8 Å². The highest BCUT2D eigenvalue weighted by Gasteiger charge is 2.21. The Hall–Kier alpha value is -0.390. The van der Waals surface area contributed by atoms with E-state index in [1.54, 1.807) is 17.5 Å². The van der Waals surface area contributed by atoms with Crippen LogP contribution < -0.4 is 5.73 Å². The lowest BCUT2D eigenvalue weighted by Crippen LogP contribution is -2.44. The van der Waals surface area contributed by atoms with Crippen LogP contribution in [0.4, 0.5) is 0 Å².